The number of ether oxygens (including phenoxy) is 1. The zero-order valence-corrected chi connectivity index (χ0v) is 19.3. The van der Waals surface area contributed by atoms with Crippen LogP contribution in [0.15, 0.2) is 36.5 Å². The van der Waals surface area contributed by atoms with Gasteiger partial charge < -0.3 is 4.74 Å². The number of hydrogen-bond acceptors (Lipinski definition) is 4. The normalized spacial score (nSPS) is 15.3. The highest BCUT2D eigenvalue weighted by Gasteiger charge is 2.43. The van der Waals surface area contributed by atoms with Crippen LogP contribution in [0.1, 0.15) is 50.9 Å². The van der Waals surface area contributed by atoms with Gasteiger partial charge in [0.05, 0.1) is 40.0 Å². The molecule has 1 heterocycles. The van der Waals surface area contributed by atoms with Crippen LogP contribution in [-0.4, -0.2) is 27.0 Å². The van der Waals surface area contributed by atoms with Gasteiger partial charge in [-0.3, -0.25) is 9.78 Å². The molecule has 31 heavy (non-hydrogen) atoms. The summed E-state index contributed by atoms with van der Waals surface area (Å²) in [4.78, 5) is 16.6. The Bertz CT molecular complexity index is 975. The molecule has 10 heteroatoms. The first kappa shape index (κ1) is 25.3. The molecule has 2 aromatic rings. The summed E-state index contributed by atoms with van der Waals surface area (Å²) in [7, 11) is -0.653. The Kier molecular flexibility index (Phi) is 7.55. The first-order chi connectivity index (χ1) is 14.2. The van der Waals surface area contributed by atoms with Gasteiger partial charge >= 0.3 is 5.97 Å². The van der Waals surface area contributed by atoms with E-state index in [1.165, 1.54) is 18.3 Å². The molecule has 1 aromatic heterocycles. The van der Waals surface area contributed by atoms with Gasteiger partial charge in [0, 0.05) is 18.7 Å². The average molecular weight is 477 g/mol. The van der Waals surface area contributed by atoms with Crippen LogP contribution >= 0.6 is 11.6 Å². The van der Waals surface area contributed by atoms with E-state index >= 15 is 0 Å². The quantitative estimate of drug-likeness (QED) is 0.580. The predicted octanol–water partition coefficient (Wildman–Crippen LogP) is 4.84. The second-order valence-electron chi connectivity index (χ2n) is 8.12. The van der Waals surface area contributed by atoms with Crippen LogP contribution in [0.3, 0.4) is 0 Å². The fraction of sp³-hybridized carbons (Fsp3) is 0.429. The number of nitrogens with one attached hydrogen (secondary N) is 1. The van der Waals surface area contributed by atoms with Crippen LogP contribution in [0, 0.1) is 5.82 Å². The van der Waals surface area contributed by atoms with Gasteiger partial charge in [-0.1, -0.05) is 11.6 Å². The van der Waals surface area contributed by atoms with Crippen molar-refractivity contribution in [1.29, 1.82) is 0 Å². The third-order valence-electron chi connectivity index (χ3n) is 4.52. The average Bonchev–Trinajstić information content (AvgIpc) is 2.65. The second kappa shape index (κ2) is 9.26. The third-order valence-corrected chi connectivity index (χ3v) is 6.39. The molecule has 0 aliphatic carbocycles. The molecule has 0 radical (unpaired) electrons. The topological polar surface area (TPSA) is 68.3 Å². The zero-order valence-electron chi connectivity index (χ0n) is 17.8. The summed E-state index contributed by atoms with van der Waals surface area (Å²) in [5.41, 5.74) is -2.26. The molecule has 1 N–H and O–H groups in total. The molecular weight excluding hydrogens is 453 g/mol. The largest absolute Gasteiger partial charge is 0.469 e. The molecule has 0 spiro atoms. The number of nitrogens with zero attached hydrogens (tertiary/aromatic N) is 1. The summed E-state index contributed by atoms with van der Waals surface area (Å²) >= 11 is 5.94. The SMILES string of the molecule is COC(=O)C[C@](N[S@](=O)C(C)(C)C)(c1cc(F)cc(C(C)(F)F)c1)c1ccc(Cl)cn1. The molecule has 2 atom stereocenters. The Morgan fingerprint density at radius 1 is 1.16 bits per heavy atom. The molecule has 5 nitrogen and oxygen atoms in total. The van der Waals surface area contributed by atoms with Gasteiger partial charge in [0.1, 0.15) is 11.4 Å². The van der Waals surface area contributed by atoms with Gasteiger partial charge in [-0.05, 0) is 56.7 Å². The predicted molar refractivity (Wildman–Crippen MR) is 114 cm³/mol. The van der Waals surface area contributed by atoms with E-state index in [4.69, 9.17) is 16.3 Å². The Balaban J connectivity index is 2.87. The van der Waals surface area contributed by atoms with E-state index in [2.05, 4.69) is 9.71 Å². The Morgan fingerprint density at radius 2 is 1.77 bits per heavy atom. The Labute approximate surface area is 186 Å². The number of methoxy groups -OCH3 is 1. The number of carbonyl (C=O) groups is 1. The van der Waals surface area contributed by atoms with Crippen molar-refractivity contribution in [2.45, 2.75) is 50.3 Å². The molecule has 170 valence electrons. The van der Waals surface area contributed by atoms with Gasteiger partial charge in [0.15, 0.2) is 0 Å². The third kappa shape index (κ3) is 6.05. The van der Waals surface area contributed by atoms with Gasteiger partial charge in [0.25, 0.3) is 5.92 Å². The first-order valence-electron chi connectivity index (χ1n) is 9.27. The fourth-order valence-corrected chi connectivity index (χ4v) is 3.83. The van der Waals surface area contributed by atoms with E-state index in [0.717, 1.165) is 19.2 Å². The molecular formula is C21H24ClF3N2O3S. The van der Waals surface area contributed by atoms with Gasteiger partial charge in [0.2, 0.25) is 0 Å². The number of hydrogen-bond donors (Lipinski definition) is 1. The van der Waals surface area contributed by atoms with Gasteiger partial charge in [-0.15, -0.1) is 0 Å². The van der Waals surface area contributed by atoms with Gasteiger partial charge in [-0.2, -0.15) is 0 Å². The smallest absolute Gasteiger partial charge is 0.308 e. The van der Waals surface area contributed by atoms with E-state index in [0.29, 0.717) is 13.0 Å². The van der Waals surface area contributed by atoms with Gasteiger partial charge in [-0.25, -0.2) is 22.1 Å². The summed E-state index contributed by atoms with van der Waals surface area (Å²) in [5, 5.41) is 0.285. The van der Waals surface area contributed by atoms with Crippen LogP contribution in [0.5, 0.6) is 0 Å². The van der Waals surface area contributed by atoms with E-state index in [1.807, 2.05) is 0 Å². The number of benzene rings is 1. The standard InChI is InChI=1S/C21H24ClF3N2O3S/c1-19(2,3)31(29)27-21(11-18(28)30-5,17-7-6-15(22)12-26-17)14-8-13(20(4,24)25)9-16(23)10-14/h6-10,12,27H,11H2,1-5H3/t21-,31+/m0/s1. The highest BCUT2D eigenvalue weighted by atomic mass is 35.5. The van der Waals surface area contributed by atoms with Crippen molar-refractivity contribution >= 4 is 28.6 Å². The number of esters is 1. The minimum Gasteiger partial charge on any atom is -0.469 e. The van der Waals surface area contributed by atoms with Crippen LogP contribution in [0.4, 0.5) is 13.2 Å². The lowest BCUT2D eigenvalue weighted by Gasteiger charge is -2.36. The van der Waals surface area contributed by atoms with Crippen molar-refractivity contribution in [1.82, 2.24) is 9.71 Å². The number of alkyl halides is 2. The van der Waals surface area contributed by atoms with Crippen LogP contribution in [0.25, 0.3) is 0 Å². The maximum absolute atomic E-state index is 14.5. The molecule has 1 aromatic carbocycles. The van der Waals surface area contributed by atoms with E-state index in [9.17, 15) is 22.2 Å². The Hall–Kier alpha value is -1.97. The molecule has 0 saturated heterocycles. The minimum absolute atomic E-state index is 0.0538. The van der Waals surface area contributed by atoms with E-state index in [1.54, 1.807) is 20.8 Å². The second-order valence-corrected chi connectivity index (χ2v) is 10.5. The lowest BCUT2D eigenvalue weighted by atomic mass is 9.82. The van der Waals surface area contributed by atoms with Crippen molar-refractivity contribution in [3.8, 4) is 0 Å². The summed E-state index contributed by atoms with van der Waals surface area (Å²) in [6.45, 7) is 5.69. The molecule has 0 saturated carbocycles. The van der Waals surface area contributed by atoms with Crippen LogP contribution in [0.2, 0.25) is 5.02 Å². The molecule has 2 rings (SSSR count). The number of halogens is 4. The lowest BCUT2D eigenvalue weighted by molar-refractivity contribution is -0.141. The van der Waals surface area contributed by atoms with Crippen molar-refractivity contribution in [2.75, 3.05) is 7.11 Å². The molecule has 0 bridgehead atoms. The maximum atomic E-state index is 14.5. The molecule has 0 aliphatic rings. The molecule has 0 unspecified atom stereocenters. The van der Waals surface area contributed by atoms with E-state index < -0.39 is 51.0 Å². The highest BCUT2D eigenvalue weighted by Crippen LogP contribution is 2.38. The molecule has 0 fully saturated rings. The summed E-state index contributed by atoms with van der Waals surface area (Å²) < 4.78 is 62.5. The minimum atomic E-state index is -3.36. The Morgan fingerprint density at radius 3 is 2.26 bits per heavy atom. The highest BCUT2D eigenvalue weighted by molar-refractivity contribution is 7.84. The number of rotatable bonds is 7. The van der Waals surface area contributed by atoms with Crippen LogP contribution < -0.4 is 4.72 Å². The number of aromatic nitrogens is 1. The molecule has 0 aliphatic heterocycles. The maximum Gasteiger partial charge on any atom is 0.308 e. The fourth-order valence-electron chi connectivity index (χ4n) is 2.81. The summed E-state index contributed by atoms with van der Waals surface area (Å²) in [6, 6.07) is 5.71. The monoisotopic (exact) mass is 476 g/mol. The number of carbonyl (C=O) groups excluding carboxylic acids is 1. The van der Waals surface area contributed by atoms with E-state index in [-0.39, 0.29) is 16.3 Å². The first-order valence-corrected chi connectivity index (χ1v) is 10.8. The van der Waals surface area contributed by atoms with Crippen molar-refractivity contribution in [2.24, 2.45) is 0 Å². The van der Waals surface area contributed by atoms with Crippen molar-refractivity contribution in [3.05, 3.63) is 64.2 Å². The number of pyridine rings is 1. The van der Waals surface area contributed by atoms with Crippen molar-refractivity contribution < 1.29 is 26.9 Å². The summed E-state index contributed by atoms with van der Waals surface area (Å²) in [5.74, 6) is -5.05. The lowest BCUT2D eigenvalue weighted by Crippen LogP contribution is -2.50. The van der Waals surface area contributed by atoms with Crippen molar-refractivity contribution in [3.63, 3.8) is 0 Å². The summed E-state index contributed by atoms with van der Waals surface area (Å²) in [6.07, 6.45) is 0.803. The van der Waals surface area contributed by atoms with Crippen LogP contribution in [-0.2, 0) is 32.0 Å². The zero-order chi connectivity index (χ0) is 23.6. The molecule has 0 amide bonds.